The number of nitrogens with zero attached hydrogens (tertiary/aromatic N) is 1. The van der Waals surface area contributed by atoms with Gasteiger partial charge in [-0.25, -0.2) is 0 Å². The summed E-state index contributed by atoms with van der Waals surface area (Å²) in [5.74, 6) is 1.60. The third-order valence-electron chi connectivity index (χ3n) is 6.28. The second kappa shape index (κ2) is 10.9. The number of para-hydroxylation sites is 1. The van der Waals surface area contributed by atoms with Gasteiger partial charge in [0.2, 0.25) is 0 Å². The smallest absolute Gasteiger partial charge is 0.169 e. The lowest BCUT2D eigenvalue weighted by molar-refractivity contribution is 0.286. The van der Waals surface area contributed by atoms with Crippen LogP contribution in [0.15, 0.2) is 18.2 Å². The number of methoxy groups -OCH3 is 2. The zero-order chi connectivity index (χ0) is 19.8. The van der Waals surface area contributed by atoms with Crippen LogP contribution < -0.4 is 14.8 Å². The van der Waals surface area contributed by atoms with Crippen molar-refractivity contribution in [2.24, 2.45) is 0 Å². The molecule has 1 aromatic rings. The molecule has 2 fully saturated rings. The Bertz CT molecular complexity index is 623. The SMILES string of the molecule is COc1cccc(CN(C(=S)NC2CCCCCCC2)C2CCCC2)c1OC. The van der Waals surface area contributed by atoms with Crippen LogP contribution in [0.1, 0.15) is 76.2 Å². The van der Waals surface area contributed by atoms with Crippen molar-refractivity contribution in [3.63, 3.8) is 0 Å². The number of benzene rings is 1. The van der Waals surface area contributed by atoms with E-state index >= 15 is 0 Å². The first-order chi connectivity index (χ1) is 13.7. The van der Waals surface area contributed by atoms with Crippen molar-refractivity contribution >= 4 is 17.3 Å². The molecule has 156 valence electrons. The average molecular weight is 405 g/mol. The van der Waals surface area contributed by atoms with Gasteiger partial charge in [0.25, 0.3) is 0 Å². The van der Waals surface area contributed by atoms with Crippen LogP contribution in [0.2, 0.25) is 0 Å². The molecule has 0 aliphatic heterocycles. The highest BCUT2D eigenvalue weighted by atomic mass is 32.1. The van der Waals surface area contributed by atoms with Crippen LogP contribution in [0.5, 0.6) is 11.5 Å². The van der Waals surface area contributed by atoms with Gasteiger partial charge in [-0.3, -0.25) is 0 Å². The van der Waals surface area contributed by atoms with Gasteiger partial charge in [0.15, 0.2) is 16.6 Å². The molecule has 5 heteroatoms. The third kappa shape index (κ3) is 5.53. The van der Waals surface area contributed by atoms with Crippen molar-refractivity contribution in [3.8, 4) is 11.5 Å². The van der Waals surface area contributed by atoms with Crippen molar-refractivity contribution in [3.05, 3.63) is 23.8 Å². The molecule has 0 bridgehead atoms. The Morgan fingerprint density at radius 1 is 0.964 bits per heavy atom. The third-order valence-corrected chi connectivity index (χ3v) is 6.64. The molecule has 0 spiro atoms. The van der Waals surface area contributed by atoms with Gasteiger partial charge in [0, 0.05) is 24.2 Å². The van der Waals surface area contributed by atoms with E-state index in [1.165, 1.54) is 70.6 Å². The molecule has 0 aromatic heterocycles. The number of rotatable bonds is 6. The highest BCUT2D eigenvalue weighted by Crippen LogP contribution is 2.33. The lowest BCUT2D eigenvalue weighted by atomic mass is 9.97. The average Bonchev–Trinajstić information content (AvgIpc) is 3.21. The second-order valence-electron chi connectivity index (χ2n) is 8.21. The summed E-state index contributed by atoms with van der Waals surface area (Å²) in [7, 11) is 3.41. The Hall–Kier alpha value is -1.49. The first-order valence-corrected chi connectivity index (χ1v) is 11.4. The van der Waals surface area contributed by atoms with Crippen molar-refractivity contribution in [1.82, 2.24) is 10.2 Å². The Kier molecular flexibility index (Phi) is 8.26. The molecule has 4 nitrogen and oxygen atoms in total. The van der Waals surface area contributed by atoms with E-state index in [1.54, 1.807) is 14.2 Å². The molecule has 1 aromatic carbocycles. The van der Waals surface area contributed by atoms with Crippen LogP contribution in [0.25, 0.3) is 0 Å². The van der Waals surface area contributed by atoms with E-state index in [2.05, 4.69) is 16.3 Å². The summed E-state index contributed by atoms with van der Waals surface area (Å²) in [5, 5.41) is 4.65. The molecule has 2 saturated carbocycles. The first-order valence-electron chi connectivity index (χ1n) is 11.0. The van der Waals surface area contributed by atoms with Crippen LogP contribution in [-0.2, 0) is 6.54 Å². The van der Waals surface area contributed by atoms with Gasteiger partial charge >= 0.3 is 0 Å². The molecular weight excluding hydrogens is 368 g/mol. The fourth-order valence-electron chi connectivity index (χ4n) is 4.70. The minimum Gasteiger partial charge on any atom is -0.493 e. The van der Waals surface area contributed by atoms with E-state index in [-0.39, 0.29) is 0 Å². The maximum absolute atomic E-state index is 5.95. The van der Waals surface area contributed by atoms with Crippen LogP contribution in [-0.4, -0.2) is 36.3 Å². The Morgan fingerprint density at radius 3 is 2.25 bits per heavy atom. The number of hydrogen-bond acceptors (Lipinski definition) is 3. The van der Waals surface area contributed by atoms with Crippen molar-refractivity contribution in [2.45, 2.75) is 89.3 Å². The van der Waals surface area contributed by atoms with Gasteiger partial charge in [0.1, 0.15) is 0 Å². The van der Waals surface area contributed by atoms with Crippen LogP contribution in [0.4, 0.5) is 0 Å². The summed E-state index contributed by atoms with van der Waals surface area (Å²) in [6.07, 6.45) is 14.2. The van der Waals surface area contributed by atoms with Crippen molar-refractivity contribution in [1.29, 1.82) is 0 Å². The molecule has 1 N–H and O–H groups in total. The van der Waals surface area contributed by atoms with Crippen molar-refractivity contribution in [2.75, 3.05) is 14.2 Å². The van der Waals surface area contributed by atoms with Crippen LogP contribution in [0.3, 0.4) is 0 Å². The molecule has 3 rings (SSSR count). The van der Waals surface area contributed by atoms with Gasteiger partial charge in [-0.2, -0.15) is 0 Å². The maximum atomic E-state index is 5.95. The first kappa shape index (κ1) is 21.2. The molecule has 2 aliphatic rings. The zero-order valence-electron chi connectivity index (χ0n) is 17.5. The summed E-state index contributed by atoms with van der Waals surface area (Å²) >= 11 is 5.95. The quantitative estimate of drug-likeness (QED) is 0.639. The summed E-state index contributed by atoms with van der Waals surface area (Å²) in [5.41, 5.74) is 1.13. The lowest BCUT2D eigenvalue weighted by Gasteiger charge is -2.34. The Morgan fingerprint density at radius 2 is 1.61 bits per heavy atom. The summed E-state index contributed by atoms with van der Waals surface area (Å²) in [6.45, 7) is 0.767. The molecule has 0 unspecified atom stereocenters. The molecule has 0 saturated heterocycles. The maximum Gasteiger partial charge on any atom is 0.169 e. The van der Waals surface area contributed by atoms with E-state index in [4.69, 9.17) is 21.7 Å². The normalized spacial score (nSPS) is 18.9. The number of ether oxygens (including phenoxy) is 2. The molecule has 0 radical (unpaired) electrons. The summed E-state index contributed by atoms with van der Waals surface area (Å²) in [6, 6.07) is 7.15. The number of thiocarbonyl (C=S) groups is 1. The Balaban J connectivity index is 1.74. The standard InChI is InChI=1S/C23H36N2O2S/c1-26-21-16-10-11-18(22(21)27-2)17-25(20-14-8-9-15-20)23(28)24-19-12-6-4-3-5-7-13-19/h10-11,16,19-20H,3-9,12-15,17H2,1-2H3,(H,24,28). The monoisotopic (exact) mass is 404 g/mol. The molecule has 2 aliphatic carbocycles. The molecule has 0 heterocycles. The highest BCUT2D eigenvalue weighted by molar-refractivity contribution is 7.80. The van der Waals surface area contributed by atoms with Gasteiger partial charge in [-0.15, -0.1) is 0 Å². The fraction of sp³-hybridized carbons (Fsp3) is 0.696. The molecule has 0 amide bonds. The van der Waals surface area contributed by atoms with Crippen molar-refractivity contribution < 1.29 is 9.47 Å². The van der Waals surface area contributed by atoms with Crippen LogP contribution in [0, 0.1) is 0 Å². The van der Waals surface area contributed by atoms with Gasteiger partial charge in [-0.05, 0) is 44.0 Å². The van der Waals surface area contributed by atoms with Gasteiger partial charge in [0.05, 0.1) is 14.2 Å². The van der Waals surface area contributed by atoms with E-state index in [1.807, 2.05) is 12.1 Å². The van der Waals surface area contributed by atoms with Crippen LogP contribution >= 0.6 is 12.2 Å². The molecular formula is C23H36N2O2S. The molecule has 0 atom stereocenters. The van der Waals surface area contributed by atoms with Gasteiger partial charge < -0.3 is 19.7 Å². The number of nitrogens with one attached hydrogen (secondary N) is 1. The fourth-order valence-corrected chi connectivity index (χ4v) is 5.08. The van der Waals surface area contributed by atoms with Gasteiger partial charge in [-0.1, -0.05) is 57.1 Å². The predicted octanol–water partition coefficient (Wildman–Crippen LogP) is 5.44. The topological polar surface area (TPSA) is 33.7 Å². The highest BCUT2D eigenvalue weighted by Gasteiger charge is 2.27. The van der Waals surface area contributed by atoms with E-state index in [0.717, 1.165) is 28.7 Å². The number of hydrogen-bond donors (Lipinski definition) is 1. The largest absolute Gasteiger partial charge is 0.493 e. The summed E-state index contributed by atoms with van der Waals surface area (Å²) in [4.78, 5) is 2.42. The van der Waals surface area contributed by atoms with E-state index in [0.29, 0.717) is 12.1 Å². The molecule has 28 heavy (non-hydrogen) atoms. The van der Waals surface area contributed by atoms with E-state index in [9.17, 15) is 0 Å². The summed E-state index contributed by atoms with van der Waals surface area (Å²) < 4.78 is 11.2. The minimum absolute atomic E-state index is 0.518. The lowest BCUT2D eigenvalue weighted by Crippen LogP contribution is -2.48. The second-order valence-corrected chi connectivity index (χ2v) is 8.60. The Labute approximate surface area is 176 Å². The predicted molar refractivity (Wildman–Crippen MR) is 119 cm³/mol. The zero-order valence-corrected chi connectivity index (χ0v) is 18.4. The minimum atomic E-state index is 0.518. The van der Waals surface area contributed by atoms with E-state index < -0.39 is 0 Å².